The number of rotatable bonds is 4. The highest BCUT2D eigenvalue weighted by Crippen LogP contribution is 2.14. The molecule has 0 aromatic carbocycles. The summed E-state index contributed by atoms with van der Waals surface area (Å²) in [5, 5.41) is 17.6. The number of halogens is 1. The van der Waals surface area contributed by atoms with Gasteiger partial charge in [0.1, 0.15) is 5.02 Å². The Morgan fingerprint density at radius 3 is 3.14 bits per heavy atom. The lowest BCUT2D eigenvalue weighted by Crippen LogP contribution is -2.17. The first-order valence-corrected chi connectivity index (χ1v) is 4.61. The maximum Gasteiger partial charge on any atom is 0.285 e. The summed E-state index contributed by atoms with van der Waals surface area (Å²) in [5.74, 6) is 0.102. The van der Waals surface area contributed by atoms with E-state index in [1.807, 2.05) is 6.92 Å². The van der Waals surface area contributed by atoms with Gasteiger partial charge in [-0.2, -0.15) is 5.10 Å². The number of aliphatic hydroxyl groups excluding tert-OH is 1. The summed E-state index contributed by atoms with van der Waals surface area (Å²) in [6.07, 6.45) is 1.44. The zero-order valence-electron chi connectivity index (χ0n) is 7.75. The van der Waals surface area contributed by atoms with E-state index in [1.54, 1.807) is 0 Å². The van der Waals surface area contributed by atoms with E-state index in [0.29, 0.717) is 12.2 Å². The summed E-state index contributed by atoms with van der Waals surface area (Å²) >= 11 is 5.71. The second kappa shape index (κ2) is 4.97. The molecule has 1 heterocycles. The van der Waals surface area contributed by atoms with Crippen LogP contribution in [0.5, 0.6) is 0 Å². The summed E-state index contributed by atoms with van der Waals surface area (Å²) in [6.45, 7) is 2.50. The van der Waals surface area contributed by atoms with E-state index in [2.05, 4.69) is 15.5 Å². The minimum atomic E-state index is -0.423. The van der Waals surface area contributed by atoms with Crippen LogP contribution in [0.25, 0.3) is 0 Å². The van der Waals surface area contributed by atoms with Crippen molar-refractivity contribution in [2.24, 2.45) is 5.92 Å². The molecule has 1 aromatic rings. The van der Waals surface area contributed by atoms with Gasteiger partial charge in [-0.1, -0.05) is 18.5 Å². The topological polar surface area (TPSA) is 78.0 Å². The highest BCUT2D eigenvalue weighted by Gasteiger charge is 2.05. The van der Waals surface area contributed by atoms with E-state index in [4.69, 9.17) is 16.7 Å². The van der Waals surface area contributed by atoms with Gasteiger partial charge in [-0.3, -0.25) is 4.79 Å². The van der Waals surface area contributed by atoms with Crippen molar-refractivity contribution in [2.45, 2.75) is 6.92 Å². The molecule has 0 radical (unpaired) electrons. The quantitative estimate of drug-likeness (QED) is 0.685. The zero-order chi connectivity index (χ0) is 10.6. The lowest BCUT2D eigenvalue weighted by Gasteiger charge is -2.10. The minimum absolute atomic E-state index is 0.0846. The van der Waals surface area contributed by atoms with Crippen molar-refractivity contribution >= 4 is 17.3 Å². The fraction of sp³-hybridized carbons (Fsp3) is 0.500. The minimum Gasteiger partial charge on any atom is -0.396 e. The number of aromatic amines is 1. The van der Waals surface area contributed by atoms with Crippen LogP contribution in [-0.2, 0) is 0 Å². The van der Waals surface area contributed by atoms with Gasteiger partial charge in [-0.25, -0.2) is 5.10 Å². The third-order valence-electron chi connectivity index (χ3n) is 1.75. The number of anilines is 1. The van der Waals surface area contributed by atoms with Crippen LogP contribution < -0.4 is 10.9 Å². The van der Waals surface area contributed by atoms with E-state index in [9.17, 15) is 4.79 Å². The van der Waals surface area contributed by atoms with Crippen molar-refractivity contribution in [2.75, 3.05) is 18.5 Å². The molecular formula is C8H12ClN3O2. The Kier molecular flexibility index (Phi) is 3.91. The van der Waals surface area contributed by atoms with Crippen molar-refractivity contribution in [1.82, 2.24) is 10.2 Å². The number of nitrogens with one attached hydrogen (secondary N) is 2. The lowest BCUT2D eigenvalue weighted by molar-refractivity contribution is 0.244. The highest BCUT2D eigenvalue weighted by atomic mass is 35.5. The van der Waals surface area contributed by atoms with E-state index in [1.165, 1.54) is 6.20 Å². The van der Waals surface area contributed by atoms with Crippen molar-refractivity contribution in [1.29, 1.82) is 0 Å². The third kappa shape index (κ3) is 2.71. The fourth-order valence-corrected chi connectivity index (χ4v) is 1.01. The summed E-state index contributed by atoms with van der Waals surface area (Å²) in [6, 6.07) is 0. The summed E-state index contributed by atoms with van der Waals surface area (Å²) < 4.78 is 0. The first-order chi connectivity index (χ1) is 6.65. The average molecular weight is 218 g/mol. The smallest absolute Gasteiger partial charge is 0.285 e. The van der Waals surface area contributed by atoms with E-state index in [0.717, 1.165) is 0 Å². The second-order valence-electron chi connectivity index (χ2n) is 3.10. The molecule has 14 heavy (non-hydrogen) atoms. The molecule has 5 nitrogen and oxygen atoms in total. The van der Waals surface area contributed by atoms with Crippen molar-refractivity contribution in [3.8, 4) is 0 Å². The Bertz CT molecular complexity index is 353. The summed E-state index contributed by atoms with van der Waals surface area (Å²) in [5.41, 5.74) is 0.0593. The number of hydrogen-bond donors (Lipinski definition) is 3. The van der Waals surface area contributed by atoms with E-state index in [-0.39, 0.29) is 17.5 Å². The van der Waals surface area contributed by atoms with Crippen LogP contribution in [0.15, 0.2) is 11.0 Å². The van der Waals surface area contributed by atoms with E-state index < -0.39 is 5.56 Å². The molecule has 3 N–H and O–H groups in total. The Hall–Kier alpha value is -1.07. The summed E-state index contributed by atoms with van der Waals surface area (Å²) in [7, 11) is 0. The van der Waals surface area contributed by atoms with Gasteiger partial charge in [0.15, 0.2) is 0 Å². The highest BCUT2D eigenvalue weighted by molar-refractivity contribution is 6.32. The Balaban J connectivity index is 2.68. The normalized spacial score (nSPS) is 12.5. The molecule has 0 aliphatic rings. The molecule has 1 rings (SSSR count). The van der Waals surface area contributed by atoms with Gasteiger partial charge < -0.3 is 10.4 Å². The monoisotopic (exact) mass is 217 g/mol. The number of aromatic nitrogens is 2. The molecule has 78 valence electrons. The number of H-pyrrole nitrogens is 1. The van der Waals surface area contributed by atoms with Gasteiger partial charge in [0, 0.05) is 13.2 Å². The third-order valence-corrected chi connectivity index (χ3v) is 2.12. The molecule has 0 aliphatic heterocycles. The lowest BCUT2D eigenvalue weighted by atomic mass is 10.2. The maximum absolute atomic E-state index is 11.0. The van der Waals surface area contributed by atoms with Crippen LogP contribution in [0, 0.1) is 5.92 Å². The number of nitrogens with zero attached hydrogens (tertiary/aromatic N) is 1. The predicted molar refractivity (Wildman–Crippen MR) is 54.6 cm³/mol. The molecule has 1 aromatic heterocycles. The van der Waals surface area contributed by atoms with Crippen molar-refractivity contribution in [3.05, 3.63) is 21.6 Å². The van der Waals surface area contributed by atoms with Gasteiger partial charge in [-0.15, -0.1) is 0 Å². The molecule has 0 fully saturated rings. The molecule has 0 saturated carbocycles. The molecule has 0 aliphatic carbocycles. The Morgan fingerprint density at radius 1 is 1.79 bits per heavy atom. The SMILES string of the molecule is CC(CO)CNc1cn[nH]c(=O)c1Cl. The largest absolute Gasteiger partial charge is 0.396 e. The number of hydrogen-bond acceptors (Lipinski definition) is 4. The summed E-state index contributed by atoms with van der Waals surface area (Å²) in [4.78, 5) is 11.0. The van der Waals surface area contributed by atoms with Gasteiger partial charge >= 0.3 is 0 Å². The average Bonchev–Trinajstić information content (AvgIpc) is 2.20. The van der Waals surface area contributed by atoms with Gasteiger partial charge in [0.25, 0.3) is 5.56 Å². The van der Waals surface area contributed by atoms with Crippen LogP contribution in [0.4, 0.5) is 5.69 Å². The van der Waals surface area contributed by atoms with Crippen LogP contribution in [0.2, 0.25) is 5.02 Å². The first kappa shape index (κ1) is 11.0. The molecule has 0 spiro atoms. The van der Waals surface area contributed by atoms with Gasteiger partial charge in [0.05, 0.1) is 11.9 Å². The van der Waals surface area contributed by atoms with Crippen LogP contribution >= 0.6 is 11.6 Å². The maximum atomic E-state index is 11.0. The molecule has 0 saturated heterocycles. The van der Waals surface area contributed by atoms with Gasteiger partial charge in [0.2, 0.25) is 0 Å². The Labute approximate surface area is 86.1 Å². The Morgan fingerprint density at radius 2 is 2.50 bits per heavy atom. The molecule has 1 atom stereocenters. The second-order valence-corrected chi connectivity index (χ2v) is 3.47. The fourth-order valence-electron chi connectivity index (χ4n) is 0.855. The van der Waals surface area contributed by atoms with E-state index >= 15 is 0 Å². The van der Waals surface area contributed by atoms with Crippen molar-refractivity contribution < 1.29 is 5.11 Å². The van der Waals surface area contributed by atoms with Crippen LogP contribution in [0.3, 0.4) is 0 Å². The first-order valence-electron chi connectivity index (χ1n) is 4.23. The van der Waals surface area contributed by atoms with Crippen molar-refractivity contribution in [3.63, 3.8) is 0 Å². The standard InChI is InChI=1S/C8H12ClN3O2/c1-5(4-13)2-10-6-3-11-12-8(14)7(6)9/h3,5,13H,2,4H2,1H3,(H2,10,12,14). The zero-order valence-corrected chi connectivity index (χ0v) is 8.51. The molecule has 1 unspecified atom stereocenters. The molecule has 0 amide bonds. The van der Waals surface area contributed by atoms with Gasteiger partial charge in [-0.05, 0) is 5.92 Å². The van der Waals surface area contributed by atoms with Crippen LogP contribution in [0.1, 0.15) is 6.92 Å². The molecular weight excluding hydrogens is 206 g/mol. The molecule has 0 bridgehead atoms. The molecule has 6 heteroatoms. The predicted octanol–water partition coefficient (Wildman–Crippen LogP) is 0.464. The number of aliphatic hydroxyl groups is 1. The van der Waals surface area contributed by atoms with Crippen LogP contribution in [-0.4, -0.2) is 28.5 Å².